The van der Waals surface area contributed by atoms with Gasteiger partial charge in [-0.25, -0.2) is 0 Å². The monoisotopic (exact) mass is 270 g/mol. The quantitative estimate of drug-likeness (QED) is 0.787. The van der Waals surface area contributed by atoms with Gasteiger partial charge in [-0.1, -0.05) is 19.1 Å². The minimum absolute atomic E-state index is 0.102. The summed E-state index contributed by atoms with van der Waals surface area (Å²) in [5.74, 6) is 0.914. The first-order valence-electron chi connectivity index (χ1n) is 7.94. The van der Waals surface area contributed by atoms with Crippen LogP contribution in [0.5, 0.6) is 0 Å². The van der Waals surface area contributed by atoms with E-state index in [1.807, 2.05) is 0 Å². The smallest absolute Gasteiger partial charge is 0.139 e. The summed E-state index contributed by atoms with van der Waals surface area (Å²) in [5.41, 5.74) is 5.70. The van der Waals surface area contributed by atoms with Crippen LogP contribution in [0.2, 0.25) is 0 Å². The molecule has 2 unspecified atom stereocenters. The molecule has 0 radical (unpaired) electrons. The molecule has 3 aliphatic carbocycles. The zero-order valence-electron chi connectivity index (χ0n) is 12.1. The zero-order valence-corrected chi connectivity index (χ0v) is 12.1. The molecular formula is C18H22O2. The van der Waals surface area contributed by atoms with E-state index in [1.165, 1.54) is 22.3 Å². The van der Waals surface area contributed by atoms with Gasteiger partial charge >= 0.3 is 0 Å². The summed E-state index contributed by atoms with van der Waals surface area (Å²) in [7, 11) is 0. The lowest BCUT2D eigenvalue weighted by molar-refractivity contribution is -0.126. The molecule has 2 nitrogen and oxygen atoms in total. The van der Waals surface area contributed by atoms with E-state index in [-0.39, 0.29) is 11.5 Å². The highest BCUT2D eigenvalue weighted by Gasteiger charge is 2.49. The van der Waals surface area contributed by atoms with Gasteiger partial charge in [0.15, 0.2) is 0 Å². The van der Waals surface area contributed by atoms with Crippen LogP contribution in [0.15, 0.2) is 12.1 Å². The van der Waals surface area contributed by atoms with Gasteiger partial charge in [-0.05, 0) is 66.7 Å². The number of carbonyl (C=O) groups is 1. The van der Waals surface area contributed by atoms with Crippen molar-refractivity contribution in [3.05, 3.63) is 34.4 Å². The summed E-state index contributed by atoms with van der Waals surface area (Å²) in [6.07, 6.45) is 6.41. The highest BCUT2D eigenvalue weighted by molar-refractivity contribution is 5.88. The number of hydrogen-bond acceptors (Lipinski definition) is 2. The van der Waals surface area contributed by atoms with Crippen molar-refractivity contribution in [1.29, 1.82) is 0 Å². The van der Waals surface area contributed by atoms with E-state index in [9.17, 15) is 9.90 Å². The summed E-state index contributed by atoms with van der Waals surface area (Å²) < 4.78 is 0. The van der Waals surface area contributed by atoms with E-state index in [1.54, 1.807) is 0 Å². The van der Waals surface area contributed by atoms with Crippen molar-refractivity contribution < 1.29 is 9.90 Å². The van der Waals surface area contributed by atoms with Gasteiger partial charge in [0.05, 0.1) is 6.10 Å². The summed E-state index contributed by atoms with van der Waals surface area (Å²) in [4.78, 5) is 12.2. The average molecular weight is 270 g/mol. The van der Waals surface area contributed by atoms with Crippen LogP contribution in [0.4, 0.5) is 0 Å². The molecule has 3 aliphatic rings. The topological polar surface area (TPSA) is 37.3 Å². The molecule has 4 rings (SSSR count). The van der Waals surface area contributed by atoms with Crippen LogP contribution in [-0.4, -0.2) is 17.0 Å². The van der Waals surface area contributed by atoms with Crippen LogP contribution in [0.1, 0.15) is 60.8 Å². The Bertz CT molecular complexity index is 589. The van der Waals surface area contributed by atoms with Crippen LogP contribution in [0.25, 0.3) is 0 Å². The van der Waals surface area contributed by atoms with Gasteiger partial charge in [0.1, 0.15) is 5.78 Å². The molecule has 20 heavy (non-hydrogen) atoms. The second-order valence-electron chi connectivity index (χ2n) is 7.10. The maximum Gasteiger partial charge on any atom is 0.139 e. The summed E-state index contributed by atoms with van der Waals surface area (Å²) in [5, 5.41) is 9.84. The van der Waals surface area contributed by atoms with Gasteiger partial charge in [-0.15, -0.1) is 0 Å². The van der Waals surface area contributed by atoms with Crippen molar-refractivity contribution in [3.63, 3.8) is 0 Å². The van der Waals surface area contributed by atoms with Gasteiger partial charge in [0.25, 0.3) is 0 Å². The Labute approximate surface area is 120 Å². The first-order chi connectivity index (χ1) is 9.59. The van der Waals surface area contributed by atoms with Crippen LogP contribution >= 0.6 is 0 Å². The second-order valence-corrected chi connectivity index (χ2v) is 7.10. The van der Waals surface area contributed by atoms with Crippen LogP contribution in [0.3, 0.4) is 0 Å². The molecule has 1 fully saturated rings. The first kappa shape index (κ1) is 12.6. The maximum atomic E-state index is 12.2. The van der Waals surface area contributed by atoms with Gasteiger partial charge in [-0.2, -0.15) is 0 Å². The number of aliphatic hydroxyl groups is 1. The Balaban J connectivity index is 1.82. The predicted molar refractivity (Wildman–Crippen MR) is 77.9 cm³/mol. The molecule has 0 aliphatic heterocycles. The SMILES string of the molecule is CC12CCc3c(ccc4c3CC[C@@H](O)C4)C1CCC2=O. The Morgan fingerprint density at radius 1 is 1.15 bits per heavy atom. The van der Waals surface area contributed by atoms with Gasteiger partial charge in [0, 0.05) is 11.8 Å². The van der Waals surface area contributed by atoms with Crippen LogP contribution in [-0.2, 0) is 24.1 Å². The summed E-state index contributed by atoms with van der Waals surface area (Å²) >= 11 is 0. The molecule has 0 aromatic heterocycles. The molecule has 106 valence electrons. The molecule has 1 aromatic rings. The zero-order chi connectivity index (χ0) is 13.9. The molecule has 0 spiro atoms. The molecule has 1 aromatic carbocycles. The third-order valence-corrected chi connectivity index (χ3v) is 6.08. The lowest BCUT2D eigenvalue weighted by atomic mass is 9.65. The molecular weight excluding hydrogens is 248 g/mol. The molecule has 1 saturated carbocycles. The Morgan fingerprint density at radius 2 is 2.00 bits per heavy atom. The predicted octanol–water partition coefficient (Wildman–Crippen LogP) is 2.94. The summed E-state index contributed by atoms with van der Waals surface area (Å²) in [6, 6.07) is 4.47. The minimum atomic E-state index is -0.164. The second kappa shape index (κ2) is 4.17. The fourth-order valence-corrected chi connectivity index (χ4v) is 4.82. The van der Waals surface area contributed by atoms with E-state index < -0.39 is 0 Å². The highest BCUT2D eigenvalue weighted by atomic mass is 16.3. The van der Waals surface area contributed by atoms with Crippen molar-refractivity contribution >= 4 is 5.78 Å². The van der Waals surface area contributed by atoms with Gasteiger partial charge < -0.3 is 5.11 Å². The van der Waals surface area contributed by atoms with Crippen molar-refractivity contribution in [1.82, 2.24) is 0 Å². The van der Waals surface area contributed by atoms with Crippen molar-refractivity contribution in [2.24, 2.45) is 5.41 Å². The molecule has 1 N–H and O–H groups in total. The lowest BCUT2D eigenvalue weighted by Crippen LogP contribution is -2.33. The number of rotatable bonds is 0. The van der Waals surface area contributed by atoms with E-state index in [0.29, 0.717) is 11.7 Å². The minimum Gasteiger partial charge on any atom is -0.393 e. The van der Waals surface area contributed by atoms with Crippen LogP contribution in [0, 0.1) is 5.41 Å². The number of Topliss-reactive ketones (excluding diaryl/α,β-unsaturated/α-hetero) is 1. The normalized spacial score (nSPS) is 35.4. The third kappa shape index (κ3) is 1.57. The standard InChI is InChI=1S/C18H22O2/c1-18-9-8-14-13-5-3-12(19)10-11(13)2-4-15(14)16(18)6-7-17(18)20/h2,4,12,16,19H,3,5-10H2,1H3/t12-,16?,18?/m1/s1. The molecule has 0 bridgehead atoms. The molecule has 3 atom stereocenters. The number of ketones is 1. The number of aliphatic hydroxyl groups excluding tert-OH is 1. The van der Waals surface area contributed by atoms with Gasteiger partial charge in [-0.3, -0.25) is 4.79 Å². The number of fused-ring (bicyclic) bond motifs is 5. The van der Waals surface area contributed by atoms with E-state index in [0.717, 1.165) is 44.9 Å². The van der Waals surface area contributed by atoms with Crippen molar-refractivity contribution in [2.75, 3.05) is 0 Å². The summed E-state index contributed by atoms with van der Waals surface area (Å²) in [6.45, 7) is 2.18. The van der Waals surface area contributed by atoms with E-state index in [4.69, 9.17) is 0 Å². The third-order valence-electron chi connectivity index (χ3n) is 6.08. The van der Waals surface area contributed by atoms with E-state index >= 15 is 0 Å². The number of benzene rings is 1. The Morgan fingerprint density at radius 3 is 2.85 bits per heavy atom. The Hall–Kier alpha value is -1.15. The lowest BCUT2D eigenvalue weighted by Gasteiger charge is -2.38. The van der Waals surface area contributed by atoms with Crippen LogP contribution < -0.4 is 0 Å². The molecule has 0 saturated heterocycles. The Kier molecular flexibility index (Phi) is 2.62. The van der Waals surface area contributed by atoms with Crippen molar-refractivity contribution in [2.45, 2.75) is 63.9 Å². The largest absolute Gasteiger partial charge is 0.393 e. The average Bonchev–Trinajstić information content (AvgIpc) is 2.74. The maximum absolute atomic E-state index is 12.2. The van der Waals surface area contributed by atoms with Crippen molar-refractivity contribution in [3.8, 4) is 0 Å². The molecule has 2 heteroatoms. The first-order valence-corrected chi connectivity index (χ1v) is 7.94. The fourth-order valence-electron chi connectivity index (χ4n) is 4.82. The van der Waals surface area contributed by atoms with Gasteiger partial charge in [0.2, 0.25) is 0 Å². The van der Waals surface area contributed by atoms with E-state index in [2.05, 4.69) is 19.1 Å². The number of hydrogen-bond donors (Lipinski definition) is 1. The molecule has 0 amide bonds. The molecule has 0 heterocycles. The highest BCUT2D eigenvalue weighted by Crippen LogP contribution is 2.54. The fraction of sp³-hybridized carbons (Fsp3) is 0.611. The number of carbonyl (C=O) groups excluding carboxylic acids is 1.